The van der Waals surface area contributed by atoms with Gasteiger partial charge in [-0.2, -0.15) is 4.98 Å². The summed E-state index contributed by atoms with van der Waals surface area (Å²) >= 11 is 0. The number of aliphatic hydroxyl groups is 1. The molecule has 0 aliphatic carbocycles. The lowest BCUT2D eigenvalue weighted by molar-refractivity contribution is 0.146. The molecule has 2 aromatic rings. The van der Waals surface area contributed by atoms with Crippen LogP contribution >= 0.6 is 0 Å². The van der Waals surface area contributed by atoms with Crippen LogP contribution < -0.4 is 5.73 Å². The number of hydrogen-bond acceptors (Lipinski definition) is 6. The van der Waals surface area contributed by atoms with Gasteiger partial charge in [-0.1, -0.05) is 17.3 Å². The van der Waals surface area contributed by atoms with Crippen molar-refractivity contribution < 1.29 is 14.7 Å². The molecule has 96 valence electrons. The molecular weight excluding hydrogens is 234 g/mol. The Bertz CT molecular complexity index is 508. The van der Waals surface area contributed by atoms with E-state index in [4.69, 9.17) is 15.4 Å². The third-order valence-electron chi connectivity index (χ3n) is 2.59. The molecule has 0 radical (unpaired) electrons. The summed E-state index contributed by atoms with van der Waals surface area (Å²) in [4.78, 5) is 4.12. The van der Waals surface area contributed by atoms with E-state index in [0.29, 0.717) is 12.2 Å². The number of rotatable bonds is 4. The minimum absolute atomic E-state index is 0.212. The lowest BCUT2D eigenvalue weighted by atomic mass is 10.1. The van der Waals surface area contributed by atoms with E-state index in [-0.39, 0.29) is 11.6 Å². The predicted octanol–water partition coefficient (Wildman–Crippen LogP) is 0.747. The minimum Gasteiger partial charge on any atom is -0.508 e. The van der Waals surface area contributed by atoms with Crippen molar-refractivity contribution in [2.24, 2.45) is 5.73 Å². The summed E-state index contributed by atoms with van der Waals surface area (Å²) in [5.41, 5.74) is 6.63. The molecule has 0 saturated carbocycles. The van der Waals surface area contributed by atoms with Gasteiger partial charge in [-0.15, -0.1) is 0 Å². The zero-order valence-electron chi connectivity index (χ0n) is 9.95. The summed E-state index contributed by atoms with van der Waals surface area (Å²) in [6.45, 7) is 1.56. The zero-order chi connectivity index (χ0) is 13.1. The van der Waals surface area contributed by atoms with E-state index in [1.54, 1.807) is 31.2 Å². The number of phenols is 1. The molecule has 0 amide bonds. The Morgan fingerprint density at radius 2 is 2.00 bits per heavy atom. The predicted molar refractivity (Wildman–Crippen MR) is 63.8 cm³/mol. The highest BCUT2D eigenvalue weighted by Crippen LogP contribution is 2.15. The summed E-state index contributed by atoms with van der Waals surface area (Å²) < 4.78 is 4.99. The Kier molecular flexibility index (Phi) is 3.59. The van der Waals surface area contributed by atoms with Gasteiger partial charge in [-0.3, -0.25) is 0 Å². The van der Waals surface area contributed by atoms with Crippen LogP contribution in [0.2, 0.25) is 0 Å². The number of aromatic nitrogens is 2. The molecule has 0 aliphatic rings. The van der Waals surface area contributed by atoms with Gasteiger partial charge in [0.05, 0.1) is 6.10 Å². The lowest BCUT2D eigenvalue weighted by Gasteiger charge is -2.08. The largest absolute Gasteiger partial charge is 0.508 e. The normalized spacial score (nSPS) is 14.4. The average Bonchev–Trinajstić information content (AvgIpc) is 2.79. The topological polar surface area (TPSA) is 105 Å². The monoisotopic (exact) mass is 249 g/mol. The number of nitrogens with zero attached hydrogens (tertiary/aromatic N) is 2. The van der Waals surface area contributed by atoms with E-state index in [0.717, 1.165) is 5.56 Å². The van der Waals surface area contributed by atoms with Gasteiger partial charge >= 0.3 is 0 Å². The fourth-order valence-corrected chi connectivity index (χ4v) is 1.48. The van der Waals surface area contributed by atoms with Crippen LogP contribution in [0.3, 0.4) is 0 Å². The fourth-order valence-electron chi connectivity index (χ4n) is 1.48. The summed E-state index contributed by atoms with van der Waals surface area (Å²) in [5, 5.41) is 22.3. The van der Waals surface area contributed by atoms with E-state index in [1.807, 2.05) is 0 Å². The Morgan fingerprint density at radius 3 is 2.61 bits per heavy atom. The van der Waals surface area contributed by atoms with Crippen molar-refractivity contribution in [3.8, 4) is 5.75 Å². The van der Waals surface area contributed by atoms with Crippen molar-refractivity contribution in [3.63, 3.8) is 0 Å². The molecule has 0 saturated heterocycles. The van der Waals surface area contributed by atoms with Gasteiger partial charge in [0.1, 0.15) is 11.8 Å². The van der Waals surface area contributed by atoms with Crippen molar-refractivity contribution in [1.82, 2.24) is 10.1 Å². The Hall–Kier alpha value is -1.92. The molecule has 4 N–H and O–H groups in total. The summed E-state index contributed by atoms with van der Waals surface area (Å²) in [5.74, 6) is 0.925. The summed E-state index contributed by atoms with van der Waals surface area (Å²) in [7, 11) is 0. The van der Waals surface area contributed by atoms with Crippen LogP contribution in [0.15, 0.2) is 28.8 Å². The number of hydrogen-bond donors (Lipinski definition) is 3. The van der Waals surface area contributed by atoms with Crippen LogP contribution in [-0.4, -0.2) is 26.5 Å². The van der Waals surface area contributed by atoms with Crippen LogP contribution in [0.5, 0.6) is 5.75 Å². The van der Waals surface area contributed by atoms with E-state index in [2.05, 4.69) is 10.1 Å². The maximum atomic E-state index is 9.32. The minimum atomic E-state index is -0.744. The number of aromatic hydroxyl groups is 1. The molecule has 2 atom stereocenters. The first-order valence-corrected chi connectivity index (χ1v) is 5.60. The number of phenolic OH excluding ortho intramolecular Hbond substituents is 1. The number of aliphatic hydroxyl groups excluding tert-OH is 1. The zero-order valence-corrected chi connectivity index (χ0v) is 9.95. The molecule has 6 nitrogen and oxygen atoms in total. The van der Waals surface area contributed by atoms with Crippen LogP contribution in [0.1, 0.15) is 30.2 Å². The van der Waals surface area contributed by atoms with E-state index >= 15 is 0 Å². The maximum Gasteiger partial charge on any atom is 0.246 e. The SMILES string of the molecule is CC(O)C(N)c1nc(Cc2ccc(O)cc2)no1. The third kappa shape index (κ3) is 2.85. The molecule has 0 fully saturated rings. The van der Waals surface area contributed by atoms with Gasteiger partial charge < -0.3 is 20.5 Å². The van der Waals surface area contributed by atoms with Crippen LogP contribution in [0, 0.1) is 0 Å². The molecule has 0 aliphatic heterocycles. The van der Waals surface area contributed by atoms with Crippen molar-refractivity contribution in [2.45, 2.75) is 25.5 Å². The second-order valence-corrected chi connectivity index (χ2v) is 4.16. The second kappa shape index (κ2) is 5.16. The summed E-state index contributed by atoms with van der Waals surface area (Å²) in [6.07, 6.45) is -0.261. The first-order valence-electron chi connectivity index (χ1n) is 5.60. The Balaban J connectivity index is 2.09. The Morgan fingerprint density at radius 1 is 1.33 bits per heavy atom. The van der Waals surface area contributed by atoms with E-state index in [1.165, 1.54) is 0 Å². The fraction of sp³-hybridized carbons (Fsp3) is 0.333. The van der Waals surface area contributed by atoms with Gasteiger partial charge in [0.25, 0.3) is 0 Å². The molecule has 18 heavy (non-hydrogen) atoms. The smallest absolute Gasteiger partial charge is 0.246 e. The van der Waals surface area contributed by atoms with Crippen molar-refractivity contribution in [3.05, 3.63) is 41.5 Å². The lowest BCUT2D eigenvalue weighted by Crippen LogP contribution is -2.23. The van der Waals surface area contributed by atoms with Crippen molar-refractivity contribution in [2.75, 3.05) is 0 Å². The quantitative estimate of drug-likeness (QED) is 0.738. The summed E-state index contributed by atoms with van der Waals surface area (Å²) in [6, 6.07) is 6.07. The van der Waals surface area contributed by atoms with Crippen LogP contribution in [0.25, 0.3) is 0 Å². The second-order valence-electron chi connectivity index (χ2n) is 4.16. The van der Waals surface area contributed by atoms with Crippen LogP contribution in [-0.2, 0) is 6.42 Å². The molecule has 0 spiro atoms. The number of nitrogens with two attached hydrogens (primary N) is 1. The molecule has 6 heteroatoms. The van der Waals surface area contributed by atoms with Gasteiger partial charge in [0.15, 0.2) is 5.82 Å². The van der Waals surface area contributed by atoms with Crippen molar-refractivity contribution in [1.29, 1.82) is 0 Å². The number of benzene rings is 1. The highest BCUT2D eigenvalue weighted by Gasteiger charge is 2.19. The molecule has 2 rings (SSSR count). The Labute approximate surface area is 104 Å². The first kappa shape index (κ1) is 12.5. The highest BCUT2D eigenvalue weighted by molar-refractivity contribution is 5.27. The average molecular weight is 249 g/mol. The van der Waals surface area contributed by atoms with Gasteiger partial charge in [0, 0.05) is 6.42 Å². The maximum absolute atomic E-state index is 9.32. The molecule has 1 aromatic heterocycles. The standard InChI is InChI=1S/C12H15N3O3/c1-7(16)11(13)12-14-10(15-18-12)6-8-2-4-9(17)5-3-8/h2-5,7,11,16-17H,6,13H2,1H3. The van der Waals surface area contributed by atoms with Gasteiger partial charge in [-0.05, 0) is 24.6 Å². The molecule has 1 aromatic carbocycles. The molecule has 2 unspecified atom stereocenters. The van der Waals surface area contributed by atoms with Gasteiger partial charge in [0.2, 0.25) is 5.89 Å². The molecule has 1 heterocycles. The van der Waals surface area contributed by atoms with E-state index < -0.39 is 12.1 Å². The van der Waals surface area contributed by atoms with Gasteiger partial charge in [-0.25, -0.2) is 0 Å². The first-order chi connectivity index (χ1) is 8.56. The van der Waals surface area contributed by atoms with E-state index in [9.17, 15) is 5.11 Å². The highest BCUT2D eigenvalue weighted by atomic mass is 16.5. The molecular formula is C12H15N3O3. The van der Waals surface area contributed by atoms with Crippen molar-refractivity contribution >= 4 is 0 Å². The van der Waals surface area contributed by atoms with Crippen LogP contribution in [0.4, 0.5) is 0 Å². The third-order valence-corrected chi connectivity index (χ3v) is 2.59. The molecule has 0 bridgehead atoms.